The van der Waals surface area contributed by atoms with Crippen LogP contribution in [0.1, 0.15) is 18.4 Å². The van der Waals surface area contributed by atoms with E-state index in [1.54, 1.807) is 0 Å². The molecule has 0 atom stereocenters. The zero-order chi connectivity index (χ0) is 14.5. The second-order valence-electron chi connectivity index (χ2n) is 5.77. The Kier molecular flexibility index (Phi) is 4.91. The number of rotatable bonds is 6. The predicted octanol–water partition coefficient (Wildman–Crippen LogP) is 2.15. The summed E-state index contributed by atoms with van der Waals surface area (Å²) in [5.74, 6) is 0.727. The Labute approximate surface area is 125 Å². The molecule has 0 saturated carbocycles. The van der Waals surface area contributed by atoms with Crippen molar-refractivity contribution in [3.63, 3.8) is 0 Å². The summed E-state index contributed by atoms with van der Waals surface area (Å²) >= 11 is 0. The summed E-state index contributed by atoms with van der Waals surface area (Å²) in [6.07, 6.45) is 4.53. The van der Waals surface area contributed by atoms with Crippen LogP contribution >= 0.6 is 0 Å². The third-order valence-corrected chi connectivity index (χ3v) is 4.30. The van der Waals surface area contributed by atoms with Gasteiger partial charge in [0.1, 0.15) is 0 Å². The minimum absolute atomic E-state index is 0.181. The fourth-order valence-corrected chi connectivity index (χ4v) is 3.11. The maximum absolute atomic E-state index is 8.87. The van der Waals surface area contributed by atoms with Gasteiger partial charge in [0.05, 0.1) is 6.61 Å². The van der Waals surface area contributed by atoms with Crippen molar-refractivity contribution in [1.29, 1.82) is 0 Å². The standard InChI is InChI=1S/C17H24N2O2/c20-9-7-18-12-15-2-1-3-17-16(15)4-8-19(17)13-14-5-10-21-11-6-14/h1-4,8,14,18,20H,5-7,9-13H2. The average Bonchev–Trinajstić information content (AvgIpc) is 2.93. The second-order valence-corrected chi connectivity index (χ2v) is 5.77. The molecule has 1 aromatic carbocycles. The van der Waals surface area contributed by atoms with Crippen LogP contribution < -0.4 is 5.32 Å². The number of ether oxygens (including phenoxy) is 1. The molecule has 4 nitrogen and oxygen atoms in total. The number of aliphatic hydroxyl groups excluding tert-OH is 1. The lowest BCUT2D eigenvalue weighted by Gasteiger charge is -2.22. The normalized spacial score (nSPS) is 16.6. The highest BCUT2D eigenvalue weighted by Gasteiger charge is 2.15. The van der Waals surface area contributed by atoms with Crippen LogP contribution in [0.25, 0.3) is 10.9 Å². The number of nitrogens with one attached hydrogen (secondary N) is 1. The number of hydrogen-bond donors (Lipinski definition) is 2. The molecule has 1 saturated heterocycles. The number of nitrogens with zero attached hydrogens (tertiary/aromatic N) is 1. The first-order valence-corrected chi connectivity index (χ1v) is 7.84. The third kappa shape index (κ3) is 3.46. The van der Waals surface area contributed by atoms with Gasteiger partial charge in [0, 0.05) is 49.9 Å². The first-order valence-electron chi connectivity index (χ1n) is 7.84. The number of benzene rings is 1. The molecule has 1 fully saturated rings. The molecule has 4 heteroatoms. The van der Waals surface area contributed by atoms with Gasteiger partial charge in [0.25, 0.3) is 0 Å². The first kappa shape index (κ1) is 14.6. The fraction of sp³-hybridized carbons (Fsp3) is 0.529. The molecule has 2 aromatic rings. The van der Waals surface area contributed by atoms with Crippen molar-refractivity contribution in [3.05, 3.63) is 36.0 Å². The molecule has 0 unspecified atom stereocenters. The van der Waals surface area contributed by atoms with Crippen molar-refractivity contribution in [1.82, 2.24) is 9.88 Å². The van der Waals surface area contributed by atoms with Crippen molar-refractivity contribution >= 4 is 10.9 Å². The van der Waals surface area contributed by atoms with Gasteiger partial charge in [-0.25, -0.2) is 0 Å². The van der Waals surface area contributed by atoms with Crippen molar-refractivity contribution < 1.29 is 9.84 Å². The SMILES string of the molecule is OCCNCc1cccc2c1ccn2CC1CCOCC1. The second kappa shape index (κ2) is 7.07. The fourth-order valence-electron chi connectivity index (χ4n) is 3.11. The van der Waals surface area contributed by atoms with Gasteiger partial charge >= 0.3 is 0 Å². The molecule has 0 amide bonds. The van der Waals surface area contributed by atoms with Crippen LogP contribution in [0, 0.1) is 5.92 Å². The topological polar surface area (TPSA) is 46.4 Å². The summed E-state index contributed by atoms with van der Waals surface area (Å²) in [6, 6.07) is 8.69. The highest BCUT2D eigenvalue weighted by molar-refractivity contribution is 5.83. The molecule has 21 heavy (non-hydrogen) atoms. The van der Waals surface area contributed by atoms with Crippen LogP contribution in [-0.4, -0.2) is 36.0 Å². The highest BCUT2D eigenvalue weighted by atomic mass is 16.5. The lowest BCUT2D eigenvalue weighted by Crippen LogP contribution is -2.20. The minimum Gasteiger partial charge on any atom is -0.395 e. The Bertz CT molecular complexity index is 573. The average molecular weight is 288 g/mol. The van der Waals surface area contributed by atoms with Gasteiger partial charge in [0.2, 0.25) is 0 Å². The number of fused-ring (bicyclic) bond motifs is 1. The Morgan fingerprint density at radius 2 is 2.10 bits per heavy atom. The Morgan fingerprint density at radius 1 is 1.24 bits per heavy atom. The van der Waals surface area contributed by atoms with Crippen LogP contribution in [0.5, 0.6) is 0 Å². The molecule has 0 spiro atoms. The van der Waals surface area contributed by atoms with Gasteiger partial charge in [-0.15, -0.1) is 0 Å². The summed E-state index contributed by atoms with van der Waals surface area (Å²) < 4.78 is 7.82. The number of aromatic nitrogens is 1. The van der Waals surface area contributed by atoms with E-state index >= 15 is 0 Å². The van der Waals surface area contributed by atoms with Gasteiger partial charge in [-0.3, -0.25) is 0 Å². The molecular formula is C17H24N2O2. The summed E-state index contributed by atoms with van der Waals surface area (Å²) in [5.41, 5.74) is 2.61. The zero-order valence-electron chi connectivity index (χ0n) is 12.4. The van der Waals surface area contributed by atoms with Crippen LogP contribution in [0.2, 0.25) is 0 Å². The van der Waals surface area contributed by atoms with E-state index in [9.17, 15) is 0 Å². The van der Waals surface area contributed by atoms with Gasteiger partial charge in [-0.2, -0.15) is 0 Å². The van der Waals surface area contributed by atoms with Crippen molar-refractivity contribution in [2.75, 3.05) is 26.4 Å². The molecule has 1 aliphatic rings. The molecule has 0 aliphatic carbocycles. The number of hydrogen-bond acceptors (Lipinski definition) is 3. The monoisotopic (exact) mass is 288 g/mol. The molecule has 3 rings (SSSR count). The Hall–Kier alpha value is -1.36. The molecule has 0 bridgehead atoms. The summed E-state index contributed by atoms with van der Waals surface area (Å²) in [4.78, 5) is 0. The van der Waals surface area contributed by atoms with Crippen LogP contribution in [0.4, 0.5) is 0 Å². The zero-order valence-corrected chi connectivity index (χ0v) is 12.4. The molecule has 2 N–H and O–H groups in total. The maximum Gasteiger partial charge on any atom is 0.0556 e. The van der Waals surface area contributed by atoms with E-state index in [0.29, 0.717) is 6.54 Å². The van der Waals surface area contributed by atoms with Gasteiger partial charge in [0.15, 0.2) is 0 Å². The van der Waals surface area contributed by atoms with E-state index in [2.05, 4.69) is 40.3 Å². The van der Waals surface area contributed by atoms with Crippen LogP contribution in [0.15, 0.2) is 30.5 Å². The lowest BCUT2D eigenvalue weighted by atomic mass is 10.0. The van der Waals surface area contributed by atoms with E-state index < -0.39 is 0 Å². The lowest BCUT2D eigenvalue weighted by molar-refractivity contribution is 0.0616. The quantitative estimate of drug-likeness (QED) is 0.801. The Balaban J connectivity index is 1.76. The first-order chi connectivity index (χ1) is 10.4. The molecular weight excluding hydrogens is 264 g/mol. The van der Waals surface area contributed by atoms with Gasteiger partial charge < -0.3 is 19.7 Å². The van der Waals surface area contributed by atoms with Gasteiger partial charge in [-0.05, 0) is 36.5 Å². The molecule has 114 valence electrons. The minimum atomic E-state index is 0.181. The van der Waals surface area contributed by atoms with Crippen molar-refractivity contribution in [2.45, 2.75) is 25.9 Å². The van der Waals surface area contributed by atoms with Crippen molar-refractivity contribution in [2.24, 2.45) is 5.92 Å². The molecule has 0 radical (unpaired) electrons. The predicted molar refractivity (Wildman–Crippen MR) is 84.3 cm³/mol. The van der Waals surface area contributed by atoms with Crippen molar-refractivity contribution in [3.8, 4) is 0 Å². The van der Waals surface area contributed by atoms with E-state index in [-0.39, 0.29) is 6.61 Å². The van der Waals surface area contributed by atoms with E-state index in [1.165, 1.54) is 16.5 Å². The molecule has 1 aliphatic heterocycles. The molecule has 1 aromatic heterocycles. The molecule has 2 heterocycles. The third-order valence-electron chi connectivity index (χ3n) is 4.30. The smallest absolute Gasteiger partial charge is 0.0556 e. The van der Waals surface area contributed by atoms with E-state index in [0.717, 1.165) is 45.1 Å². The van der Waals surface area contributed by atoms with E-state index in [1.807, 2.05) is 0 Å². The number of aliphatic hydroxyl groups is 1. The van der Waals surface area contributed by atoms with Crippen LogP contribution in [0.3, 0.4) is 0 Å². The maximum atomic E-state index is 8.87. The van der Waals surface area contributed by atoms with Gasteiger partial charge in [-0.1, -0.05) is 12.1 Å². The highest BCUT2D eigenvalue weighted by Crippen LogP contribution is 2.24. The van der Waals surface area contributed by atoms with Crippen LogP contribution in [-0.2, 0) is 17.8 Å². The summed E-state index contributed by atoms with van der Waals surface area (Å²) in [6.45, 7) is 4.51. The summed E-state index contributed by atoms with van der Waals surface area (Å²) in [5, 5.41) is 13.4. The largest absolute Gasteiger partial charge is 0.395 e. The Morgan fingerprint density at radius 3 is 2.90 bits per heavy atom. The summed E-state index contributed by atoms with van der Waals surface area (Å²) in [7, 11) is 0. The van der Waals surface area contributed by atoms with E-state index in [4.69, 9.17) is 9.84 Å².